The number of ether oxygens (including phenoxy) is 1. The van der Waals surface area contributed by atoms with Gasteiger partial charge in [-0.2, -0.15) is 0 Å². The smallest absolute Gasteiger partial charge is 0.107 e. The molecule has 3 nitrogen and oxygen atoms in total. The highest BCUT2D eigenvalue weighted by molar-refractivity contribution is 5.27. The third-order valence-electron chi connectivity index (χ3n) is 3.63. The van der Waals surface area contributed by atoms with Crippen molar-refractivity contribution in [1.82, 2.24) is 5.32 Å². The fourth-order valence-corrected chi connectivity index (χ4v) is 2.86. The molecular weight excluding hydrogens is 214 g/mol. The monoisotopic (exact) mass is 237 g/mol. The van der Waals surface area contributed by atoms with Crippen LogP contribution in [-0.4, -0.2) is 19.2 Å². The van der Waals surface area contributed by atoms with Gasteiger partial charge in [0.25, 0.3) is 0 Å². The summed E-state index contributed by atoms with van der Waals surface area (Å²) in [7, 11) is 0. The second-order valence-electron chi connectivity index (χ2n) is 5.15. The zero-order chi connectivity index (χ0) is 12.5. The largest absolute Gasteiger partial charge is 0.466 e. The molecule has 3 heteroatoms. The Kier molecular flexibility index (Phi) is 3.59. The van der Waals surface area contributed by atoms with Crippen LogP contribution in [-0.2, 0) is 10.3 Å². The number of aryl methyl sites for hydroxylation is 2. The van der Waals surface area contributed by atoms with Crippen LogP contribution >= 0.6 is 0 Å². The van der Waals surface area contributed by atoms with Gasteiger partial charge in [0.1, 0.15) is 11.5 Å². The molecule has 0 saturated carbocycles. The minimum absolute atomic E-state index is 0.201. The van der Waals surface area contributed by atoms with Crippen LogP contribution in [0, 0.1) is 13.8 Å². The molecule has 2 atom stereocenters. The topological polar surface area (TPSA) is 34.4 Å². The van der Waals surface area contributed by atoms with E-state index in [-0.39, 0.29) is 5.60 Å². The Labute approximate surface area is 104 Å². The van der Waals surface area contributed by atoms with Crippen LogP contribution < -0.4 is 5.32 Å². The standard InChI is InChI=1S/C14H23NO2/c1-5-15-12-6-7-16-14(4,9-12)13-8-10(2)17-11(13)3/h8,12,15H,5-7,9H2,1-4H3. The van der Waals surface area contributed by atoms with Crippen LogP contribution in [0.1, 0.15) is 43.8 Å². The highest BCUT2D eigenvalue weighted by atomic mass is 16.5. The van der Waals surface area contributed by atoms with Crippen LogP contribution in [0.3, 0.4) is 0 Å². The van der Waals surface area contributed by atoms with Crippen molar-refractivity contribution in [3.05, 3.63) is 23.2 Å². The van der Waals surface area contributed by atoms with Crippen molar-refractivity contribution in [2.45, 2.75) is 52.2 Å². The molecular formula is C14H23NO2. The molecule has 1 aliphatic heterocycles. The fourth-order valence-electron chi connectivity index (χ4n) is 2.86. The summed E-state index contributed by atoms with van der Waals surface area (Å²) in [5.74, 6) is 1.95. The van der Waals surface area contributed by atoms with Crippen molar-refractivity contribution in [2.75, 3.05) is 13.2 Å². The van der Waals surface area contributed by atoms with Gasteiger partial charge >= 0.3 is 0 Å². The van der Waals surface area contributed by atoms with E-state index in [1.54, 1.807) is 0 Å². The predicted molar refractivity (Wildman–Crippen MR) is 68.2 cm³/mol. The molecule has 1 aromatic rings. The van der Waals surface area contributed by atoms with Crippen molar-refractivity contribution in [1.29, 1.82) is 0 Å². The molecule has 1 fully saturated rings. The van der Waals surface area contributed by atoms with Crippen molar-refractivity contribution in [3.63, 3.8) is 0 Å². The first kappa shape index (κ1) is 12.7. The van der Waals surface area contributed by atoms with E-state index in [1.165, 1.54) is 5.56 Å². The van der Waals surface area contributed by atoms with Crippen molar-refractivity contribution >= 4 is 0 Å². The Bertz CT molecular complexity index is 384. The SMILES string of the molecule is CCNC1CCOC(C)(c2cc(C)oc2C)C1. The van der Waals surface area contributed by atoms with Gasteiger partial charge in [0.05, 0.1) is 5.60 Å². The number of nitrogens with one attached hydrogen (secondary N) is 1. The summed E-state index contributed by atoms with van der Waals surface area (Å²) >= 11 is 0. The Hall–Kier alpha value is -0.800. The van der Waals surface area contributed by atoms with Gasteiger partial charge in [0.2, 0.25) is 0 Å². The lowest BCUT2D eigenvalue weighted by Crippen LogP contribution is -2.43. The van der Waals surface area contributed by atoms with Gasteiger partial charge < -0.3 is 14.5 Å². The molecule has 0 aromatic carbocycles. The first-order valence-electron chi connectivity index (χ1n) is 6.50. The van der Waals surface area contributed by atoms with E-state index >= 15 is 0 Å². The van der Waals surface area contributed by atoms with Gasteiger partial charge in [-0.15, -0.1) is 0 Å². The van der Waals surface area contributed by atoms with E-state index in [4.69, 9.17) is 9.15 Å². The molecule has 0 spiro atoms. The minimum atomic E-state index is -0.201. The quantitative estimate of drug-likeness (QED) is 0.877. The molecule has 1 saturated heterocycles. The molecule has 0 radical (unpaired) electrons. The summed E-state index contributed by atoms with van der Waals surface area (Å²) in [6.07, 6.45) is 2.11. The fraction of sp³-hybridized carbons (Fsp3) is 0.714. The van der Waals surface area contributed by atoms with E-state index in [0.717, 1.165) is 37.5 Å². The normalized spacial score (nSPS) is 29.5. The Balaban J connectivity index is 2.20. The lowest BCUT2D eigenvalue weighted by Gasteiger charge is -2.38. The van der Waals surface area contributed by atoms with Crippen molar-refractivity contribution < 1.29 is 9.15 Å². The Morgan fingerprint density at radius 2 is 2.24 bits per heavy atom. The summed E-state index contributed by atoms with van der Waals surface area (Å²) in [5, 5.41) is 3.53. The molecule has 96 valence electrons. The Morgan fingerprint density at radius 3 is 2.82 bits per heavy atom. The summed E-state index contributed by atoms with van der Waals surface area (Å²) < 4.78 is 11.6. The summed E-state index contributed by atoms with van der Waals surface area (Å²) in [5.41, 5.74) is 1.00. The zero-order valence-corrected chi connectivity index (χ0v) is 11.3. The molecule has 1 N–H and O–H groups in total. The second kappa shape index (κ2) is 4.83. The Morgan fingerprint density at radius 1 is 1.47 bits per heavy atom. The maximum Gasteiger partial charge on any atom is 0.107 e. The van der Waals surface area contributed by atoms with Crippen LogP contribution in [0.5, 0.6) is 0 Å². The maximum absolute atomic E-state index is 6.02. The van der Waals surface area contributed by atoms with E-state index in [0.29, 0.717) is 6.04 Å². The van der Waals surface area contributed by atoms with Crippen LogP contribution in [0.4, 0.5) is 0 Å². The minimum Gasteiger partial charge on any atom is -0.466 e. The molecule has 2 unspecified atom stereocenters. The van der Waals surface area contributed by atoms with E-state index in [1.807, 2.05) is 13.8 Å². The van der Waals surface area contributed by atoms with E-state index < -0.39 is 0 Å². The molecule has 2 rings (SSSR count). The van der Waals surface area contributed by atoms with Gasteiger partial charge in [0.15, 0.2) is 0 Å². The van der Waals surface area contributed by atoms with Gasteiger partial charge in [0, 0.05) is 18.2 Å². The van der Waals surface area contributed by atoms with Gasteiger partial charge in [-0.1, -0.05) is 6.92 Å². The number of rotatable bonds is 3. The van der Waals surface area contributed by atoms with Crippen LogP contribution in [0.15, 0.2) is 10.5 Å². The molecule has 1 aromatic heterocycles. The highest BCUT2D eigenvalue weighted by Gasteiger charge is 2.37. The summed E-state index contributed by atoms with van der Waals surface area (Å²) in [6.45, 7) is 10.2. The molecule has 1 aliphatic rings. The second-order valence-corrected chi connectivity index (χ2v) is 5.15. The molecule has 2 heterocycles. The number of furan rings is 1. The first-order valence-corrected chi connectivity index (χ1v) is 6.50. The van der Waals surface area contributed by atoms with Crippen molar-refractivity contribution in [3.8, 4) is 0 Å². The third kappa shape index (κ3) is 2.55. The molecule has 0 aliphatic carbocycles. The van der Waals surface area contributed by atoms with Crippen molar-refractivity contribution in [2.24, 2.45) is 0 Å². The molecule has 0 amide bonds. The van der Waals surface area contributed by atoms with Gasteiger partial charge in [-0.25, -0.2) is 0 Å². The molecule has 0 bridgehead atoms. The maximum atomic E-state index is 6.02. The van der Waals surface area contributed by atoms with Gasteiger partial charge in [-0.05, 0) is 46.2 Å². The average molecular weight is 237 g/mol. The zero-order valence-electron chi connectivity index (χ0n) is 11.3. The lowest BCUT2D eigenvalue weighted by atomic mass is 9.85. The van der Waals surface area contributed by atoms with E-state index in [2.05, 4.69) is 25.2 Å². The van der Waals surface area contributed by atoms with E-state index in [9.17, 15) is 0 Å². The average Bonchev–Trinajstić information content (AvgIpc) is 2.59. The number of hydrogen-bond acceptors (Lipinski definition) is 3. The lowest BCUT2D eigenvalue weighted by molar-refractivity contribution is -0.0817. The first-order chi connectivity index (χ1) is 8.05. The van der Waals surface area contributed by atoms with Crippen LogP contribution in [0.25, 0.3) is 0 Å². The molecule has 17 heavy (non-hydrogen) atoms. The summed E-state index contributed by atoms with van der Waals surface area (Å²) in [6, 6.07) is 2.66. The summed E-state index contributed by atoms with van der Waals surface area (Å²) in [4.78, 5) is 0. The third-order valence-corrected chi connectivity index (χ3v) is 3.63. The predicted octanol–water partition coefficient (Wildman–Crippen LogP) is 2.90. The highest BCUT2D eigenvalue weighted by Crippen LogP contribution is 2.37. The van der Waals surface area contributed by atoms with Crippen LogP contribution in [0.2, 0.25) is 0 Å². The number of hydrogen-bond donors (Lipinski definition) is 1. The van der Waals surface area contributed by atoms with Gasteiger partial charge in [-0.3, -0.25) is 0 Å².